The molecule has 0 rings (SSSR count). The van der Waals surface area contributed by atoms with Crippen LogP contribution in [0.2, 0.25) is 0 Å². The minimum Gasteiger partial charge on any atom is -0.379 e. The largest absolute Gasteiger partial charge is 0.379 e. The Labute approximate surface area is 295 Å². The Kier molecular flexibility index (Phi) is 44.2. The highest BCUT2D eigenvalue weighted by molar-refractivity contribution is 4.49. The first-order chi connectivity index (χ1) is 23.8. The second kappa shape index (κ2) is 44.6. The van der Waals surface area contributed by atoms with Crippen molar-refractivity contribution in [3.8, 4) is 0 Å². The molecule has 0 radical (unpaired) electrons. The van der Waals surface area contributed by atoms with Crippen LogP contribution < -0.4 is 0 Å². The number of rotatable bonds is 44. The van der Waals surface area contributed by atoms with Crippen LogP contribution in [0.5, 0.6) is 0 Å². The molecule has 0 aromatic rings. The van der Waals surface area contributed by atoms with Crippen LogP contribution in [0.1, 0.15) is 111 Å². The molecule has 1 unspecified atom stereocenters. The average Bonchev–Trinajstić information content (AvgIpc) is 3.10. The van der Waals surface area contributed by atoms with Crippen molar-refractivity contribution in [3.05, 3.63) is 0 Å². The lowest BCUT2D eigenvalue weighted by Crippen LogP contribution is -2.15. The van der Waals surface area contributed by atoms with Crippen molar-refractivity contribution < 1.29 is 47.4 Å². The van der Waals surface area contributed by atoms with Crippen LogP contribution in [0.3, 0.4) is 0 Å². The molecule has 0 saturated heterocycles. The topological polar surface area (TPSA) is 92.3 Å². The molecule has 0 saturated carbocycles. The molecule has 0 spiro atoms. The van der Waals surface area contributed by atoms with E-state index >= 15 is 0 Å². The molecule has 48 heavy (non-hydrogen) atoms. The van der Waals surface area contributed by atoms with Crippen LogP contribution >= 0.6 is 0 Å². The molecule has 0 aromatic carbocycles. The summed E-state index contributed by atoms with van der Waals surface area (Å²) in [4.78, 5) is 0. The zero-order chi connectivity index (χ0) is 34.7. The van der Waals surface area contributed by atoms with Crippen LogP contribution in [0.15, 0.2) is 0 Å². The van der Waals surface area contributed by atoms with Gasteiger partial charge in [-0.25, -0.2) is 0 Å². The van der Waals surface area contributed by atoms with Gasteiger partial charge in [-0.2, -0.15) is 0 Å². The van der Waals surface area contributed by atoms with Gasteiger partial charge in [0.25, 0.3) is 0 Å². The SMILES string of the molecule is CCCCCCCCCCCCCCCOCCOCCOCCOCCOCCOCCOCCOCCOCCOCC(C)CC. The summed E-state index contributed by atoms with van der Waals surface area (Å²) in [6.07, 6.45) is 19.0. The van der Waals surface area contributed by atoms with E-state index in [1.54, 1.807) is 0 Å². The summed E-state index contributed by atoms with van der Waals surface area (Å²) in [5, 5.41) is 0. The van der Waals surface area contributed by atoms with E-state index in [2.05, 4.69) is 20.8 Å². The summed E-state index contributed by atoms with van der Waals surface area (Å²) < 4.78 is 55.3. The van der Waals surface area contributed by atoms with Crippen LogP contribution in [0.25, 0.3) is 0 Å². The standard InChI is InChI=1S/C38H78O10/c1-4-6-7-8-9-10-11-12-13-14-15-16-17-18-39-19-20-40-21-22-41-23-24-42-25-26-43-27-28-44-29-30-45-31-32-46-33-34-47-35-36-48-37-38(3)5-2/h38H,4-37H2,1-3H3. The van der Waals surface area contributed by atoms with E-state index in [1.807, 2.05) is 0 Å². The summed E-state index contributed by atoms with van der Waals surface area (Å²) >= 11 is 0. The summed E-state index contributed by atoms with van der Waals surface area (Å²) in [5.74, 6) is 0.602. The van der Waals surface area contributed by atoms with E-state index in [0.29, 0.717) is 125 Å². The minimum absolute atomic E-state index is 0.534. The van der Waals surface area contributed by atoms with Crippen molar-refractivity contribution in [1.82, 2.24) is 0 Å². The molecular weight excluding hydrogens is 616 g/mol. The van der Waals surface area contributed by atoms with Gasteiger partial charge in [-0.1, -0.05) is 104 Å². The van der Waals surface area contributed by atoms with E-state index in [1.165, 1.54) is 77.0 Å². The van der Waals surface area contributed by atoms with Crippen molar-refractivity contribution in [2.24, 2.45) is 5.92 Å². The Morgan fingerprint density at radius 3 is 0.771 bits per heavy atom. The summed E-state index contributed by atoms with van der Waals surface area (Å²) in [7, 11) is 0. The van der Waals surface area contributed by atoms with Gasteiger partial charge in [-0.05, 0) is 12.3 Å². The van der Waals surface area contributed by atoms with Crippen molar-refractivity contribution in [2.45, 2.75) is 111 Å². The van der Waals surface area contributed by atoms with E-state index < -0.39 is 0 Å². The van der Waals surface area contributed by atoms with E-state index in [0.717, 1.165) is 26.1 Å². The zero-order valence-electron chi connectivity index (χ0n) is 31.7. The van der Waals surface area contributed by atoms with E-state index in [9.17, 15) is 0 Å². The first kappa shape index (κ1) is 47.6. The molecule has 0 fully saturated rings. The lowest BCUT2D eigenvalue weighted by molar-refractivity contribution is -0.0268. The monoisotopic (exact) mass is 695 g/mol. The van der Waals surface area contributed by atoms with Gasteiger partial charge in [-0.3, -0.25) is 0 Å². The first-order valence-corrected chi connectivity index (χ1v) is 19.6. The molecule has 290 valence electrons. The molecule has 0 aliphatic heterocycles. The van der Waals surface area contributed by atoms with Gasteiger partial charge in [0.05, 0.1) is 119 Å². The summed E-state index contributed by atoms with van der Waals surface area (Å²) in [5.41, 5.74) is 0. The van der Waals surface area contributed by atoms with Gasteiger partial charge in [0.2, 0.25) is 0 Å². The number of hydrogen-bond donors (Lipinski definition) is 0. The van der Waals surface area contributed by atoms with E-state index in [-0.39, 0.29) is 0 Å². The van der Waals surface area contributed by atoms with Crippen LogP contribution in [0.4, 0.5) is 0 Å². The van der Waals surface area contributed by atoms with Crippen LogP contribution in [-0.2, 0) is 47.4 Å². The van der Waals surface area contributed by atoms with Crippen LogP contribution in [-0.4, -0.2) is 132 Å². The third-order valence-electron chi connectivity index (χ3n) is 7.84. The third kappa shape index (κ3) is 43.6. The molecule has 0 aliphatic carbocycles. The normalized spacial score (nSPS) is 12.3. The van der Waals surface area contributed by atoms with Gasteiger partial charge in [0, 0.05) is 13.2 Å². The van der Waals surface area contributed by atoms with Crippen LogP contribution in [0, 0.1) is 5.92 Å². The number of hydrogen-bond acceptors (Lipinski definition) is 10. The predicted octanol–water partition coefficient (Wildman–Crippen LogP) is 7.29. The Balaban J connectivity index is 3.05. The quantitative estimate of drug-likeness (QED) is 0.0606. The molecule has 0 aromatic heterocycles. The maximum absolute atomic E-state index is 5.68. The molecular formula is C38H78O10. The molecule has 0 N–H and O–H groups in total. The van der Waals surface area contributed by atoms with Crippen molar-refractivity contribution >= 4 is 0 Å². The Bertz CT molecular complexity index is 558. The Hall–Kier alpha value is -0.400. The molecule has 0 bridgehead atoms. The number of unbranched alkanes of at least 4 members (excludes halogenated alkanes) is 12. The van der Waals surface area contributed by atoms with E-state index in [4.69, 9.17) is 47.4 Å². The first-order valence-electron chi connectivity index (χ1n) is 19.6. The molecule has 0 heterocycles. The molecule has 1 atom stereocenters. The Morgan fingerprint density at radius 2 is 0.500 bits per heavy atom. The van der Waals surface area contributed by atoms with Gasteiger partial charge in [0.15, 0.2) is 0 Å². The highest BCUT2D eigenvalue weighted by atomic mass is 16.6. The van der Waals surface area contributed by atoms with Crippen molar-refractivity contribution in [2.75, 3.05) is 132 Å². The maximum Gasteiger partial charge on any atom is 0.0701 e. The second-order valence-electron chi connectivity index (χ2n) is 12.3. The zero-order valence-corrected chi connectivity index (χ0v) is 31.7. The van der Waals surface area contributed by atoms with Gasteiger partial charge >= 0.3 is 0 Å². The fourth-order valence-corrected chi connectivity index (χ4v) is 4.60. The third-order valence-corrected chi connectivity index (χ3v) is 7.84. The highest BCUT2D eigenvalue weighted by Crippen LogP contribution is 2.12. The summed E-state index contributed by atoms with van der Waals surface area (Å²) in [6, 6.07) is 0. The smallest absolute Gasteiger partial charge is 0.0701 e. The fourth-order valence-electron chi connectivity index (χ4n) is 4.60. The molecule has 10 nitrogen and oxygen atoms in total. The van der Waals surface area contributed by atoms with Gasteiger partial charge < -0.3 is 47.4 Å². The maximum atomic E-state index is 5.68. The fraction of sp³-hybridized carbons (Fsp3) is 1.00. The van der Waals surface area contributed by atoms with Gasteiger partial charge in [0.1, 0.15) is 0 Å². The molecule has 0 aliphatic rings. The lowest BCUT2D eigenvalue weighted by atomic mass is 10.0. The summed E-state index contributed by atoms with van der Waals surface area (Å²) in [6.45, 7) is 18.5. The second-order valence-corrected chi connectivity index (χ2v) is 12.3. The molecule has 0 amide bonds. The van der Waals surface area contributed by atoms with Gasteiger partial charge in [-0.15, -0.1) is 0 Å². The molecule has 10 heteroatoms. The lowest BCUT2D eigenvalue weighted by Gasteiger charge is -2.10. The minimum atomic E-state index is 0.534. The Morgan fingerprint density at radius 1 is 0.271 bits per heavy atom. The highest BCUT2D eigenvalue weighted by Gasteiger charge is 1.99. The van der Waals surface area contributed by atoms with Crippen molar-refractivity contribution in [1.29, 1.82) is 0 Å². The van der Waals surface area contributed by atoms with Crippen molar-refractivity contribution in [3.63, 3.8) is 0 Å². The predicted molar refractivity (Wildman–Crippen MR) is 193 cm³/mol. The average molecular weight is 695 g/mol. The number of ether oxygens (including phenoxy) is 10.